The van der Waals surface area contributed by atoms with Gasteiger partial charge in [-0.1, -0.05) is 0 Å². The van der Waals surface area contributed by atoms with E-state index in [1.165, 1.54) is 7.11 Å². The standard InChI is InChI=1S/C13H18N4O2/c1-4-14-13-16-15-12(17(13)5-2)9-6-7-11(19-3)10(18)8-9/h6-8,18H,4-5H2,1-3H3,(H,14,16). The van der Waals surface area contributed by atoms with Gasteiger partial charge in [0.05, 0.1) is 7.11 Å². The maximum absolute atomic E-state index is 9.83. The first-order valence-corrected chi connectivity index (χ1v) is 6.25. The first kappa shape index (κ1) is 13.2. The topological polar surface area (TPSA) is 72.2 Å². The molecule has 6 heteroatoms. The summed E-state index contributed by atoms with van der Waals surface area (Å²) in [6, 6.07) is 5.20. The van der Waals surface area contributed by atoms with Crippen molar-refractivity contribution in [1.29, 1.82) is 0 Å². The lowest BCUT2D eigenvalue weighted by Gasteiger charge is -2.09. The quantitative estimate of drug-likeness (QED) is 0.863. The second kappa shape index (κ2) is 5.60. The van der Waals surface area contributed by atoms with Gasteiger partial charge in [0.1, 0.15) is 0 Å². The summed E-state index contributed by atoms with van der Waals surface area (Å²) < 4.78 is 6.99. The van der Waals surface area contributed by atoms with Crippen molar-refractivity contribution in [3.8, 4) is 22.9 Å². The molecule has 0 aliphatic carbocycles. The monoisotopic (exact) mass is 262 g/mol. The number of aromatic hydroxyl groups is 1. The Hall–Kier alpha value is -2.24. The van der Waals surface area contributed by atoms with Crippen LogP contribution in [0.2, 0.25) is 0 Å². The summed E-state index contributed by atoms with van der Waals surface area (Å²) in [5, 5.41) is 21.3. The van der Waals surface area contributed by atoms with Gasteiger partial charge in [-0.15, -0.1) is 10.2 Å². The van der Waals surface area contributed by atoms with Crippen LogP contribution in [0.25, 0.3) is 11.4 Å². The number of hydrogen-bond acceptors (Lipinski definition) is 5. The largest absolute Gasteiger partial charge is 0.504 e. The zero-order valence-electron chi connectivity index (χ0n) is 11.3. The average molecular weight is 262 g/mol. The van der Waals surface area contributed by atoms with Crippen LogP contribution in [0.5, 0.6) is 11.5 Å². The van der Waals surface area contributed by atoms with Crippen LogP contribution < -0.4 is 10.1 Å². The van der Waals surface area contributed by atoms with Crippen LogP contribution in [0.15, 0.2) is 18.2 Å². The van der Waals surface area contributed by atoms with E-state index in [9.17, 15) is 5.11 Å². The molecule has 2 N–H and O–H groups in total. The second-order valence-corrected chi connectivity index (χ2v) is 4.01. The molecule has 0 saturated carbocycles. The molecule has 0 unspecified atom stereocenters. The molecule has 2 aromatic rings. The molecule has 1 aromatic carbocycles. The molecule has 0 spiro atoms. The molecule has 0 aliphatic rings. The van der Waals surface area contributed by atoms with Gasteiger partial charge >= 0.3 is 0 Å². The van der Waals surface area contributed by atoms with E-state index in [-0.39, 0.29) is 5.75 Å². The third-order valence-corrected chi connectivity index (χ3v) is 2.84. The summed E-state index contributed by atoms with van der Waals surface area (Å²) in [6.07, 6.45) is 0. The highest BCUT2D eigenvalue weighted by molar-refractivity contribution is 5.62. The van der Waals surface area contributed by atoms with Crippen molar-refractivity contribution in [2.75, 3.05) is 19.0 Å². The lowest BCUT2D eigenvalue weighted by molar-refractivity contribution is 0.373. The van der Waals surface area contributed by atoms with Crippen molar-refractivity contribution in [1.82, 2.24) is 14.8 Å². The van der Waals surface area contributed by atoms with Gasteiger partial charge in [-0.05, 0) is 32.0 Å². The predicted octanol–water partition coefficient (Wildman–Crippen LogP) is 2.11. The van der Waals surface area contributed by atoms with Crippen LogP contribution in [0.4, 0.5) is 5.95 Å². The minimum absolute atomic E-state index is 0.0932. The van der Waals surface area contributed by atoms with Crippen molar-refractivity contribution in [2.24, 2.45) is 0 Å². The molecule has 19 heavy (non-hydrogen) atoms. The van der Waals surface area contributed by atoms with E-state index in [2.05, 4.69) is 15.5 Å². The van der Waals surface area contributed by atoms with Gasteiger partial charge in [0.15, 0.2) is 17.3 Å². The number of methoxy groups -OCH3 is 1. The van der Waals surface area contributed by atoms with Gasteiger partial charge < -0.3 is 15.2 Å². The van der Waals surface area contributed by atoms with Crippen LogP contribution in [-0.2, 0) is 6.54 Å². The van der Waals surface area contributed by atoms with Gasteiger partial charge in [0.2, 0.25) is 5.95 Å². The van der Waals surface area contributed by atoms with Crippen molar-refractivity contribution < 1.29 is 9.84 Å². The smallest absolute Gasteiger partial charge is 0.224 e. The molecule has 0 saturated heterocycles. The van der Waals surface area contributed by atoms with Crippen LogP contribution >= 0.6 is 0 Å². The first-order valence-electron chi connectivity index (χ1n) is 6.25. The van der Waals surface area contributed by atoms with E-state index in [0.29, 0.717) is 5.75 Å². The SMILES string of the molecule is CCNc1nnc(-c2ccc(OC)c(O)c2)n1CC. The van der Waals surface area contributed by atoms with E-state index in [4.69, 9.17) is 4.74 Å². The maximum Gasteiger partial charge on any atom is 0.224 e. The molecular formula is C13H18N4O2. The number of anilines is 1. The van der Waals surface area contributed by atoms with E-state index >= 15 is 0 Å². The van der Waals surface area contributed by atoms with E-state index in [1.807, 2.05) is 24.5 Å². The molecule has 2 rings (SSSR count). The number of aromatic nitrogens is 3. The molecular weight excluding hydrogens is 244 g/mol. The van der Waals surface area contributed by atoms with Crippen molar-refractivity contribution in [2.45, 2.75) is 20.4 Å². The fourth-order valence-electron chi connectivity index (χ4n) is 1.93. The summed E-state index contributed by atoms with van der Waals surface area (Å²) in [5.41, 5.74) is 0.803. The van der Waals surface area contributed by atoms with Crippen LogP contribution in [0.1, 0.15) is 13.8 Å². The van der Waals surface area contributed by atoms with E-state index in [1.54, 1.807) is 12.1 Å². The fourth-order valence-corrected chi connectivity index (χ4v) is 1.93. The van der Waals surface area contributed by atoms with Crippen molar-refractivity contribution in [3.63, 3.8) is 0 Å². The zero-order chi connectivity index (χ0) is 13.8. The highest BCUT2D eigenvalue weighted by atomic mass is 16.5. The molecule has 102 valence electrons. The summed E-state index contributed by atoms with van der Waals surface area (Å²) >= 11 is 0. The van der Waals surface area contributed by atoms with Crippen LogP contribution in [-0.4, -0.2) is 33.5 Å². The molecule has 0 bridgehead atoms. The Balaban J connectivity index is 2.44. The molecule has 0 radical (unpaired) electrons. The third-order valence-electron chi connectivity index (χ3n) is 2.84. The Morgan fingerprint density at radius 1 is 1.32 bits per heavy atom. The van der Waals surface area contributed by atoms with Crippen LogP contribution in [0, 0.1) is 0 Å². The second-order valence-electron chi connectivity index (χ2n) is 4.01. The number of ether oxygens (including phenoxy) is 1. The lowest BCUT2D eigenvalue weighted by Crippen LogP contribution is -2.06. The first-order chi connectivity index (χ1) is 9.21. The number of phenols is 1. The Morgan fingerprint density at radius 3 is 2.68 bits per heavy atom. The number of hydrogen-bond donors (Lipinski definition) is 2. The van der Waals surface area contributed by atoms with E-state index in [0.717, 1.165) is 30.4 Å². The van der Waals surface area contributed by atoms with Gasteiger partial charge in [0, 0.05) is 18.7 Å². The van der Waals surface area contributed by atoms with Gasteiger partial charge in [-0.3, -0.25) is 4.57 Å². The average Bonchev–Trinajstić information content (AvgIpc) is 2.82. The van der Waals surface area contributed by atoms with Crippen LogP contribution in [0.3, 0.4) is 0 Å². The Kier molecular flexibility index (Phi) is 3.89. The minimum atomic E-state index is 0.0932. The normalized spacial score (nSPS) is 10.5. The van der Waals surface area contributed by atoms with E-state index < -0.39 is 0 Å². The Morgan fingerprint density at radius 2 is 2.11 bits per heavy atom. The van der Waals surface area contributed by atoms with Crippen molar-refractivity contribution >= 4 is 5.95 Å². The Labute approximate surface area is 112 Å². The number of nitrogens with zero attached hydrogens (tertiary/aromatic N) is 3. The molecule has 0 amide bonds. The highest BCUT2D eigenvalue weighted by Gasteiger charge is 2.13. The molecule has 0 atom stereocenters. The Bertz CT molecular complexity index is 566. The number of rotatable bonds is 5. The minimum Gasteiger partial charge on any atom is -0.504 e. The highest BCUT2D eigenvalue weighted by Crippen LogP contribution is 2.31. The number of benzene rings is 1. The third kappa shape index (κ3) is 2.47. The fraction of sp³-hybridized carbons (Fsp3) is 0.385. The molecule has 6 nitrogen and oxygen atoms in total. The summed E-state index contributed by atoms with van der Waals surface area (Å²) in [4.78, 5) is 0. The maximum atomic E-state index is 9.83. The number of phenolic OH excluding ortho intramolecular Hbond substituents is 1. The molecule has 1 heterocycles. The summed E-state index contributed by atoms with van der Waals surface area (Å²) in [7, 11) is 1.52. The van der Waals surface area contributed by atoms with Gasteiger partial charge in [0.25, 0.3) is 0 Å². The molecule has 0 aliphatic heterocycles. The zero-order valence-corrected chi connectivity index (χ0v) is 11.3. The number of nitrogens with one attached hydrogen (secondary N) is 1. The summed E-state index contributed by atoms with van der Waals surface area (Å²) in [5.74, 6) is 1.99. The van der Waals surface area contributed by atoms with Gasteiger partial charge in [-0.25, -0.2) is 0 Å². The predicted molar refractivity (Wildman–Crippen MR) is 73.5 cm³/mol. The molecule has 1 aromatic heterocycles. The lowest BCUT2D eigenvalue weighted by atomic mass is 10.2. The van der Waals surface area contributed by atoms with Crippen molar-refractivity contribution in [3.05, 3.63) is 18.2 Å². The van der Waals surface area contributed by atoms with Gasteiger partial charge in [-0.2, -0.15) is 0 Å². The summed E-state index contributed by atoms with van der Waals surface area (Å²) in [6.45, 7) is 5.56. The molecule has 0 fully saturated rings.